The molecule has 0 aliphatic heterocycles. The van der Waals surface area contributed by atoms with Crippen LogP contribution in [-0.4, -0.2) is 9.97 Å². The van der Waals surface area contributed by atoms with Crippen molar-refractivity contribution in [2.24, 2.45) is 0 Å². The molecule has 1 aromatic heterocycles. The van der Waals surface area contributed by atoms with E-state index in [0.29, 0.717) is 11.4 Å². The highest BCUT2D eigenvalue weighted by Crippen LogP contribution is 2.03. The number of hydrogen-bond donors (Lipinski definition) is 1. The Labute approximate surface area is 70.5 Å². The van der Waals surface area contributed by atoms with Gasteiger partial charge in [0.2, 0.25) is 0 Å². The molecule has 0 fully saturated rings. The van der Waals surface area contributed by atoms with E-state index in [1.807, 2.05) is 6.07 Å². The van der Waals surface area contributed by atoms with Crippen LogP contribution >= 0.6 is 12.4 Å². The summed E-state index contributed by atoms with van der Waals surface area (Å²) in [5.74, 6) is 0.825. The first kappa shape index (κ1) is 9.66. The van der Waals surface area contributed by atoms with Crippen molar-refractivity contribution in [1.82, 2.24) is 9.97 Å². The lowest BCUT2D eigenvalue weighted by molar-refractivity contribution is 1.05. The molecule has 1 heterocycles. The van der Waals surface area contributed by atoms with Crippen LogP contribution in [0, 0.1) is 18.3 Å². The molecule has 0 spiro atoms. The molecule has 1 aromatic rings. The van der Waals surface area contributed by atoms with Crippen LogP contribution in [0.4, 0.5) is 5.82 Å². The Morgan fingerprint density at radius 3 is 2.73 bits per heavy atom. The van der Waals surface area contributed by atoms with Gasteiger partial charge in [-0.1, -0.05) is 0 Å². The summed E-state index contributed by atoms with van der Waals surface area (Å²) in [5.41, 5.74) is 5.68. The monoisotopic (exact) mass is 170 g/mol. The van der Waals surface area contributed by atoms with Gasteiger partial charge in [0.15, 0.2) is 0 Å². The lowest BCUT2D eigenvalue weighted by atomic mass is 10.3. The summed E-state index contributed by atoms with van der Waals surface area (Å²) in [4.78, 5) is 7.59. The molecule has 0 aliphatic carbocycles. The molecule has 11 heavy (non-hydrogen) atoms. The Balaban J connectivity index is 0.000001000. The summed E-state index contributed by atoms with van der Waals surface area (Å²) in [5, 5.41) is 8.40. The third-order valence-corrected chi connectivity index (χ3v) is 1.06. The zero-order valence-corrected chi connectivity index (χ0v) is 6.72. The Bertz CT molecular complexity index is 291. The van der Waals surface area contributed by atoms with E-state index >= 15 is 0 Å². The molecular formula is C6H7ClN4. The third kappa shape index (κ3) is 2.06. The van der Waals surface area contributed by atoms with Gasteiger partial charge < -0.3 is 5.73 Å². The lowest BCUT2D eigenvalue weighted by Gasteiger charge is -1.94. The fourth-order valence-corrected chi connectivity index (χ4v) is 0.574. The number of halogens is 1. The maximum absolute atomic E-state index is 8.40. The minimum atomic E-state index is 0. The van der Waals surface area contributed by atoms with Crippen LogP contribution in [0.3, 0.4) is 0 Å². The smallest absolute Gasteiger partial charge is 0.145 e. The molecule has 0 bridgehead atoms. The summed E-state index contributed by atoms with van der Waals surface area (Å²) < 4.78 is 0. The number of aryl methyl sites for hydroxylation is 1. The predicted octanol–water partition coefficient (Wildman–Crippen LogP) is 0.661. The van der Waals surface area contributed by atoms with Gasteiger partial charge >= 0.3 is 0 Å². The first-order chi connectivity index (χ1) is 4.74. The number of nitrogens with two attached hydrogens (primary N) is 1. The van der Waals surface area contributed by atoms with Crippen molar-refractivity contribution in [2.45, 2.75) is 6.92 Å². The van der Waals surface area contributed by atoms with E-state index in [1.165, 1.54) is 6.20 Å². The molecule has 0 saturated heterocycles. The maximum atomic E-state index is 8.40. The summed E-state index contributed by atoms with van der Waals surface area (Å²) in [6, 6.07) is 1.87. The van der Waals surface area contributed by atoms with Crippen LogP contribution in [-0.2, 0) is 0 Å². The van der Waals surface area contributed by atoms with Crippen LogP contribution < -0.4 is 5.73 Å². The van der Waals surface area contributed by atoms with Gasteiger partial charge in [-0.2, -0.15) is 5.26 Å². The van der Waals surface area contributed by atoms with Gasteiger partial charge in [-0.15, -0.1) is 12.4 Å². The van der Waals surface area contributed by atoms with Crippen molar-refractivity contribution in [3.05, 3.63) is 17.6 Å². The molecule has 2 N–H and O–H groups in total. The maximum Gasteiger partial charge on any atom is 0.145 e. The fraction of sp³-hybridized carbons (Fsp3) is 0.167. The van der Waals surface area contributed by atoms with Gasteiger partial charge in [-0.3, -0.25) is 0 Å². The van der Waals surface area contributed by atoms with Crippen LogP contribution in [0.5, 0.6) is 0 Å². The van der Waals surface area contributed by atoms with E-state index in [2.05, 4.69) is 9.97 Å². The average Bonchev–Trinajstić information content (AvgIpc) is 1.88. The molecule has 4 nitrogen and oxygen atoms in total. The molecule has 0 atom stereocenters. The van der Waals surface area contributed by atoms with E-state index < -0.39 is 0 Å². The lowest BCUT2D eigenvalue weighted by Crippen LogP contribution is -1.97. The van der Waals surface area contributed by atoms with Crippen molar-refractivity contribution < 1.29 is 0 Å². The summed E-state index contributed by atoms with van der Waals surface area (Å²) >= 11 is 0. The molecular weight excluding hydrogens is 164 g/mol. The van der Waals surface area contributed by atoms with Gasteiger partial charge in [0.1, 0.15) is 23.3 Å². The first-order valence-electron chi connectivity index (χ1n) is 2.73. The highest BCUT2D eigenvalue weighted by molar-refractivity contribution is 5.85. The number of aromatic nitrogens is 2. The Morgan fingerprint density at radius 2 is 2.27 bits per heavy atom. The van der Waals surface area contributed by atoms with Crippen molar-refractivity contribution >= 4 is 18.2 Å². The number of hydrogen-bond acceptors (Lipinski definition) is 4. The quantitative estimate of drug-likeness (QED) is 0.621. The number of rotatable bonds is 0. The number of nitriles is 1. The Kier molecular flexibility index (Phi) is 3.28. The molecule has 0 unspecified atom stereocenters. The Hall–Kier alpha value is -1.34. The van der Waals surface area contributed by atoms with Crippen LogP contribution in [0.2, 0.25) is 0 Å². The molecule has 0 saturated carbocycles. The van der Waals surface area contributed by atoms with E-state index in [4.69, 9.17) is 11.0 Å². The van der Waals surface area contributed by atoms with Crippen LogP contribution in [0.25, 0.3) is 0 Å². The predicted molar refractivity (Wildman–Crippen MR) is 43.1 cm³/mol. The van der Waals surface area contributed by atoms with Crippen LogP contribution in [0.15, 0.2) is 6.20 Å². The SMILES string of the molecule is Cc1ncc(C#N)c(N)n1.Cl. The second-order valence-corrected chi connectivity index (χ2v) is 1.83. The van der Waals surface area contributed by atoms with Gasteiger partial charge in [-0.25, -0.2) is 9.97 Å². The summed E-state index contributed by atoms with van der Waals surface area (Å²) in [6.45, 7) is 1.72. The topological polar surface area (TPSA) is 75.6 Å². The minimum Gasteiger partial charge on any atom is -0.382 e. The van der Waals surface area contributed by atoms with Crippen molar-refractivity contribution in [3.8, 4) is 6.07 Å². The highest BCUT2D eigenvalue weighted by Gasteiger charge is 1.97. The third-order valence-electron chi connectivity index (χ3n) is 1.06. The van der Waals surface area contributed by atoms with Gasteiger partial charge in [0.05, 0.1) is 6.20 Å². The molecule has 0 radical (unpaired) electrons. The van der Waals surface area contributed by atoms with Gasteiger partial charge in [-0.05, 0) is 6.92 Å². The fourth-order valence-electron chi connectivity index (χ4n) is 0.574. The normalized spacial score (nSPS) is 8.00. The number of nitrogens with zero attached hydrogens (tertiary/aromatic N) is 3. The van der Waals surface area contributed by atoms with E-state index in [-0.39, 0.29) is 18.2 Å². The van der Waals surface area contributed by atoms with Crippen LogP contribution in [0.1, 0.15) is 11.4 Å². The Morgan fingerprint density at radius 1 is 1.64 bits per heavy atom. The molecule has 1 rings (SSSR count). The second-order valence-electron chi connectivity index (χ2n) is 1.83. The largest absolute Gasteiger partial charge is 0.382 e. The number of nitrogen functional groups attached to an aromatic ring is 1. The summed E-state index contributed by atoms with van der Waals surface area (Å²) in [6.07, 6.45) is 1.41. The zero-order valence-electron chi connectivity index (χ0n) is 5.90. The van der Waals surface area contributed by atoms with E-state index in [0.717, 1.165) is 0 Å². The standard InChI is InChI=1S/C6H6N4.ClH/c1-4-9-3-5(2-7)6(8)10-4;/h3H,1H3,(H2,8,9,10);1H. The summed E-state index contributed by atoms with van der Waals surface area (Å²) in [7, 11) is 0. The molecule has 0 amide bonds. The second kappa shape index (κ2) is 3.74. The number of anilines is 1. The van der Waals surface area contributed by atoms with E-state index in [9.17, 15) is 0 Å². The minimum absolute atomic E-state index is 0. The van der Waals surface area contributed by atoms with Gasteiger partial charge in [0.25, 0.3) is 0 Å². The average molecular weight is 171 g/mol. The molecule has 0 aliphatic rings. The van der Waals surface area contributed by atoms with Crippen molar-refractivity contribution in [2.75, 3.05) is 5.73 Å². The van der Waals surface area contributed by atoms with E-state index in [1.54, 1.807) is 6.92 Å². The van der Waals surface area contributed by atoms with Gasteiger partial charge in [0, 0.05) is 0 Å². The van der Waals surface area contributed by atoms with Crippen molar-refractivity contribution in [3.63, 3.8) is 0 Å². The zero-order chi connectivity index (χ0) is 7.56. The first-order valence-corrected chi connectivity index (χ1v) is 2.73. The molecule has 0 aromatic carbocycles. The molecule has 58 valence electrons. The highest BCUT2D eigenvalue weighted by atomic mass is 35.5. The van der Waals surface area contributed by atoms with Crippen molar-refractivity contribution in [1.29, 1.82) is 5.26 Å². The molecule has 5 heteroatoms.